The minimum atomic E-state index is -0.251. The van der Waals surface area contributed by atoms with Crippen molar-refractivity contribution in [2.75, 3.05) is 31.6 Å². The van der Waals surface area contributed by atoms with Gasteiger partial charge in [-0.3, -0.25) is 9.69 Å². The van der Waals surface area contributed by atoms with Gasteiger partial charge in [0.2, 0.25) is 0 Å². The van der Waals surface area contributed by atoms with Gasteiger partial charge in [-0.2, -0.15) is 0 Å². The molecule has 0 spiro atoms. The van der Waals surface area contributed by atoms with Crippen molar-refractivity contribution < 1.29 is 14.6 Å². The number of aromatic nitrogens is 2. The van der Waals surface area contributed by atoms with Crippen molar-refractivity contribution in [2.45, 2.75) is 25.8 Å². The summed E-state index contributed by atoms with van der Waals surface area (Å²) >= 11 is 0. The van der Waals surface area contributed by atoms with Crippen molar-refractivity contribution >= 4 is 22.6 Å². The van der Waals surface area contributed by atoms with Gasteiger partial charge in [-0.05, 0) is 37.6 Å². The van der Waals surface area contributed by atoms with Gasteiger partial charge in [-0.1, -0.05) is 30.2 Å². The molecular formula is C25H26N4O3. The Morgan fingerprint density at radius 2 is 2.09 bits per heavy atom. The van der Waals surface area contributed by atoms with E-state index in [1.807, 2.05) is 24.3 Å². The second-order valence-electron chi connectivity index (χ2n) is 7.94. The van der Waals surface area contributed by atoms with Crippen LogP contribution in [0.4, 0.5) is 5.82 Å². The van der Waals surface area contributed by atoms with Gasteiger partial charge < -0.3 is 15.2 Å². The molecule has 0 radical (unpaired) electrons. The lowest BCUT2D eigenvalue weighted by Gasteiger charge is -2.33. The molecule has 164 valence electrons. The number of ether oxygens (including phenoxy) is 1. The van der Waals surface area contributed by atoms with E-state index in [9.17, 15) is 9.90 Å². The maximum absolute atomic E-state index is 11.0. The highest BCUT2D eigenvalue weighted by atomic mass is 16.5. The molecule has 2 aromatic carbocycles. The summed E-state index contributed by atoms with van der Waals surface area (Å²) in [4.78, 5) is 13.3. The number of esters is 1. The van der Waals surface area contributed by atoms with E-state index >= 15 is 0 Å². The lowest BCUT2D eigenvalue weighted by molar-refractivity contribution is -0.141. The molecule has 7 nitrogen and oxygen atoms in total. The number of phenolic OH excluding ortho intramolecular Hbond substituents is 1. The van der Waals surface area contributed by atoms with Gasteiger partial charge in [0, 0.05) is 48.0 Å². The van der Waals surface area contributed by atoms with E-state index < -0.39 is 0 Å². The molecule has 0 bridgehead atoms. The monoisotopic (exact) mass is 430 g/mol. The van der Waals surface area contributed by atoms with Gasteiger partial charge >= 0.3 is 5.97 Å². The Morgan fingerprint density at radius 1 is 1.28 bits per heavy atom. The number of nitrogens with one attached hydrogen (secondary N) is 1. The van der Waals surface area contributed by atoms with Crippen LogP contribution in [0.15, 0.2) is 42.5 Å². The van der Waals surface area contributed by atoms with Crippen molar-refractivity contribution in [1.29, 1.82) is 0 Å². The Hall–Kier alpha value is -3.63. The van der Waals surface area contributed by atoms with Crippen LogP contribution in [0.3, 0.4) is 0 Å². The third-order valence-electron chi connectivity index (χ3n) is 5.67. The maximum Gasteiger partial charge on any atom is 0.302 e. The number of hydrogen-bond donors (Lipinski definition) is 2. The highest BCUT2D eigenvalue weighted by Gasteiger charge is 2.22. The van der Waals surface area contributed by atoms with Gasteiger partial charge in [0.05, 0.1) is 0 Å². The molecule has 7 heteroatoms. The number of nitrogens with zero attached hydrogens (tertiary/aromatic N) is 3. The molecule has 1 fully saturated rings. The number of aromatic hydroxyl groups is 1. The van der Waals surface area contributed by atoms with Crippen LogP contribution in [-0.2, 0) is 9.53 Å². The van der Waals surface area contributed by atoms with Crippen molar-refractivity contribution in [3.05, 3.63) is 48.0 Å². The number of piperidine rings is 1. The van der Waals surface area contributed by atoms with Crippen LogP contribution in [0.2, 0.25) is 0 Å². The van der Waals surface area contributed by atoms with Crippen LogP contribution < -0.4 is 5.32 Å². The molecule has 4 rings (SSSR count). The molecule has 32 heavy (non-hydrogen) atoms. The van der Waals surface area contributed by atoms with Crippen molar-refractivity contribution in [2.24, 2.45) is 0 Å². The number of rotatable bonds is 6. The van der Waals surface area contributed by atoms with Gasteiger partial charge in [0.1, 0.15) is 18.1 Å². The summed E-state index contributed by atoms with van der Waals surface area (Å²) in [6.07, 6.45) is 7.51. The molecule has 1 saturated heterocycles. The number of carbonyl (C=O) groups is 1. The lowest BCUT2D eigenvalue weighted by Crippen LogP contribution is -2.43. The third kappa shape index (κ3) is 4.82. The standard InChI is InChI=1S/C25H26N4O3/c1-3-18-10-11-22(23(31)15-18)24-20-8-4-5-9-21(20)25(28-27-24)26-19-7-6-12-29(16-19)13-14-32-17(2)30/h1,4-5,8-11,15,19,31H,6-7,12-14,16H2,2H3,(H,26,28). The zero-order valence-corrected chi connectivity index (χ0v) is 18.0. The number of carbonyl (C=O) groups excluding carboxylic acids is 1. The third-order valence-corrected chi connectivity index (χ3v) is 5.67. The van der Waals surface area contributed by atoms with E-state index in [2.05, 4.69) is 26.3 Å². The smallest absolute Gasteiger partial charge is 0.302 e. The van der Waals surface area contributed by atoms with Crippen LogP contribution in [0.1, 0.15) is 25.3 Å². The van der Waals surface area contributed by atoms with E-state index in [1.165, 1.54) is 6.92 Å². The van der Waals surface area contributed by atoms with E-state index in [0.29, 0.717) is 23.4 Å². The maximum atomic E-state index is 11.0. The zero-order chi connectivity index (χ0) is 22.5. The largest absolute Gasteiger partial charge is 0.507 e. The average Bonchev–Trinajstić information content (AvgIpc) is 2.79. The molecule has 1 aliphatic heterocycles. The molecule has 1 aliphatic rings. The van der Waals surface area contributed by atoms with Gasteiger partial charge in [-0.25, -0.2) is 0 Å². The first-order valence-corrected chi connectivity index (χ1v) is 10.7. The van der Waals surface area contributed by atoms with Crippen molar-refractivity contribution in [3.8, 4) is 29.4 Å². The van der Waals surface area contributed by atoms with Crippen LogP contribution in [0.25, 0.3) is 22.0 Å². The van der Waals surface area contributed by atoms with Gasteiger partial charge in [0.15, 0.2) is 5.82 Å². The fourth-order valence-corrected chi connectivity index (χ4v) is 4.12. The summed E-state index contributed by atoms with van der Waals surface area (Å²) in [6, 6.07) is 13.2. The first-order valence-electron chi connectivity index (χ1n) is 10.7. The summed E-state index contributed by atoms with van der Waals surface area (Å²) < 4.78 is 5.08. The quantitative estimate of drug-likeness (QED) is 0.458. The van der Waals surface area contributed by atoms with Gasteiger partial charge in [-0.15, -0.1) is 16.6 Å². The Kier molecular flexibility index (Phi) is 6.52. The summed E-state index contributed by atoms with van der Waals surface area (Å²) in [5.41, 5.74) is 1.81. The van der Waals surface area contributed by atoms with E-state index in [-0.39, 0.29) is 17.8 Å². The van der Waals surface area contributed by atoms with Gasteiger partial charge in [0.25, 0.3) is 0 Å². The Labute approximate surface area is 187 Å². The predicted octanol–water partition coefficient (Wildman–Crippen LogP) is 3.42. The summed E-state index contributed by atoms with van der Waals surface area (Å²) in [5.74, 6) is 3.07. The summed E-state index contributed by atoms with van der Waals surface area (Å²) in [7, 11) is 0. The summed E-state index contributed by atoms with van der Waals surface area (Å²) in [6.45, 7) is 4.37. The fraction of sp³-hybridized carbons (Fsp3) is 0.320. The number of terminal acetylenes is 1. The number of hydrogen-bond acceptors (Lipinski definition) is 7. The highest BCUT2D eigenvalue weighted by Crippen LogP contribution is 2.35. The molecule has 1 unspecified atom stereocenters. The minimum absolute atomic E-state index is 0.0799. The normalized spacial score (nSPS) is 16.4. The first-order chi connectivity index (χ1) is 15.5. The van der Waals surface area contributed by atoms with E-state index in [0.717, 1.165) is 49.1 Å². The number of anilines is 1. The molecule has 1 aromatic heterocycles. The second-order valence-corrected chi connectivity index (χ2v) is 7.94. The topological polar surface area (TPSA) is 87.6 Å². The average molecular weight is 431 g/mol. The fourth-order valence-electron chi connectivity index (χ4n) is 4.12. The first kappa shape index (κ1) is 21.6. The number of likely N-dealkylation sites (tertiary alicyclic amines) is 1. The van der Waals surface area contributed by atoms with Crippen LogP contribution in [-0.4, -0.2) is 58.5 Å². The molecule has 3 aromatic rings. The number of fused-ring (bicyclic) bond motifs is 1. The Balaban J connectivity index is 1.57. The molecule has 1 atom stereocenters. The molecule has 2 heterocycles. The SMILES string of the molecule is C#Cc1ccc(-c2nnc(NC3CCCN(CCOC(C)=O)C3)c3ccccc23)c(O)c1. The number of benzene rings is 2. The molecule has 0 aliphatic carbocycles. The van der Waals surface area contributed by atoms with Crippen LogP contribution in [0, 0.1) is 12.3 Å². The Bertz CT molecular complexity index is 1170. The lowest BCUT2D eigenvalue weighted by atomic mass is 10.0. The summed E-state index contributed by atoms with van der Waals surface area (Å²) in [5, 5.41) is 24.8. The number of phenols is 1. The van der Waals surface area contributed by atoms with Crippen molar-refractivity contribution in [3.63, 3.8) is 0 Å². The molecule has 0 amide bonds. The molecule has 2 N–H and O–H groups in total. The van der Waals surface area contributed by atoms with E-state index in [1.54, 1.807) is 18.2 Å². The molecule has 0 saturated carbocycles. The van der Waals surface area contributed by atoms with E-state index in [4.69, 9.17) is 11.2 Å². The van der Waals surface area contributed by atoms with Crippen molar-refractivity contribution in [1.82, 2.24) is 15.1 Å². The highest BCUT2D eigenvalue weighted by molar-refractivity contribution is 6.00. The minimum Gasteiger partial charge on any atom is -0.507 e. The second kappa shape index (κ2) is 9.67. The predicted molar refractivity (Wildman–Crippen MR) is 124 cm³/mol. The van der Waals surface area contributed by atoms with Crippen LogP contribution >= 0.6 is 0 Å². The Morgan fingerprint density at radius 3 is 2.84 bits per heavy atom. The van der Waals surface area contributed by atoms with Crippen LogP contribution in [0.5, 0.6) is 5.75 Å². The zero-order valence-electron chi connectivity index (χ0n) is 18.0. The molecular weight excluding hydrogens is 404 g/mol.